The van der Waals surface area contributed by atoms with Gasteiger partial charge in [0.05, 0.1) is 5.75 Å². The smallest absolute Gasteiger partial charge is 0.277 e. The molecule has 0 unspecified atom stereocenters. The van der Waals surface area contributed by atoms with Crippen LogP contribution in [-0.2, 0) is 11.2 Å². The zero-order chi connectivity index (χ0) is 17.2. The van der Waals surface area contributed by atoms with E-state index in [-0.39, 0.29) is 17.7 Å². The molecular formula is C18H16N4O2S. The van der Waals surface area contributed by atoms with Gasteiger partial charge >= 0.3 is 0 Å². The predicted molar refractivity (Wildman–Crippen MR) is 95.3 cm³/mol. The van der Waals surface area contributed by atoms with Crippen molar-refractivity contribution in [2.24, 2.45) is 0 Å². The number of anilines is 1. The molecular weight excluding hydrogens is 336 g/mol. The third-order valence-corrected chi connectivity index (χ3v) is 4.93. The molecule has 7 heteroatoms. The lowest BCUT2D eigenvalue weighted by Gasteiger charge is -2.22. The number of fused-ring (bicyclic) bond motifs is 1. The summed E-state index contributed by atoms with van der Waals surface area (Å²) in [5.41, 5.74) is 3.03. The molecule has 0 radical (unpaired) electrons. The van der Waals surface area contributed by atoms with Crippen LogP contribution in [0, 0.1) is 0 Å². The number of aromatic nitrogens is 3. The minimum atomic E-state index is 0.0473. The zero-order valence-corrected chi connectivity index (χ0v) is 14.4. The molecule has 0 saturated carbocycles. The van der Waals surface area contributed by atoms with E-state index >= 15 is 0 Å². The molecule has 0 bridgehead atoms. The number of benzene rings is 1. The highest BCUT2D eigenvalue weighted by atomic mass is 32.2. The lowest BCUT2D eigenvalue weighted by Crippen LogP contribution is -2.36. The van der Waals surface area contributed by atoms with Crippen molar-refractivity contribution in [3.05, 3.63) is 54.4 Å². The molecule has 3 heterocycles. The normalized spacial score (nSPS) is 16.0. The SMILES string of the molecule is C[C@H]1Cc2ccccc2N1C(=O)CSc1nnc(-c2ccncc2)o1. The van der Waals surface area contributed by atoms with Crippen molar-refractivity contribution in [2.45, 2.75) is 24.6 Å². The van der Waals surface area contributed by atoms with Crippen molar-refractivity contribution in [3.63, 3.8) is 0 Å². The van der Waals surface area contributed by atoms with Crippen LogP contribution >= 0.6 is 11.8 Å². The Morgan fingerprint density at radius 3 is 2.88 bits per heavy atom. The first-order valence-electron chi connectivity index (χ1n) is 7.99. The van der Waals surface area contributed by atoms with Gasteiger partial charge in [0, 0.05) is 29.7 Å². The minimum Gasteiger partial charge on any atom is -0.411 e. The Bertz CT molecular complexity index is 897. The Balaban J connectivity index is 1.44. The predicted octanol–water partition coefficient (Wildman–Crippen LogP) is 3.20. The fourth-order valence-corrected chi connectivity index (χ4v) is 3.64. The molecule has 1 atom stereocenters. The van der Waals surface area contributed by atoms with Crippen LogP contribution in [0.3, 0.4) is 0 Å². The first kappa shape index (κ1) is 15.8. The summed E-state index contributed by atoms with van der Waals surface area (Å²) < 4.78 is 5.62. The Labute approximate surface area is 149 Å². The van der Waals surface area contributed by atoms with Crippen LogP contribution in [0.25, 0.3) is 11.5 Å². The molecule has 0 aliphatic carbocycles. The number of carbonyl (C=O) groups is 1. The summed E-state index contributed by atoms with van der Waals surface area (Å²) in [6.45, 7) is 2.07. The van der Waals surface area contributed by atoms with E-state index in [1.165, 1.54) is 17.3 Å². The molecule has 1 aromatic carbocycles. The van der Waals surface area contributed by atoms with E-state index in [1.54, 1.807) is 24.5 Å². The van der Waals surface area contributed by atoms with Crippen LogP contribution in [0.2, 0.25) is 0 Å². The van der Waals surface area contributed by atoms with Gasteiger partial charge in [-0.2, -0.15) is 0 Å². The minimum absolute atomic E-state index is 0.0473. The highest BCUT2D eigenvalue weighted by molar-refractivity contribution is 7.99. The van der Waals surface area contributed by atoms with Crippen LogP contribution in [0.15, 0.2) is 58.4 Å². The highest BCUT2D eigenvalue weighted by Crippen LogP contribution is 2.33. The molecule has 0 spiro atoms. The summed E-state index contributed by atoms with van der Waals surface area (Å²) in [6, 6.07) is 11.8. The zero-order valence-electron chi connectivity index (χ0n) is 13.6. The topological polar surface area (TPSA) is 72.1 Å². The van der Waals surface area contributed by atoms with Crippen LogP contribution in [0.1, 0.15) is 12.5 Å². The van der Waals surface area contributed by atoms with E-state index in [4.69, 9.17) is 4.42 Å². The number of nitrogens with zero attached hydrogens (tertiary/aromatic N) is 4. The maximum atomic E-state index is 12.7. The molecule has 0 fully saturated rings. The molecule has 4 rings (SSSR count). The number of amides is 1. The summed E-state index contributed by atoms with van der Waals surface area (Å²) >= 11 is 1.26. The van der Waals surface area contributed by atoms with Gasteiger partial charge in [-0.05, 0) is 37.1 Å². The van der Waals surface area contributed by atoms with Crippen molar-refractivity contribution < 1.29 is 9.21 Å². The molecule has 0 saturated heterocycles. The molecule has 25 heavy (non-hydrogen) atoms. The Kier molecular flexibility index (Phi) is 4.23. The average Bonchev–Trinajstić information content (AvgIpc) is 3.24. The van der Waals surface area contributed by atoms with E-state index in [2.05, 4.69) is 28.2 Å². The van der Waals surface area contributed by atoms with Gasteiger partial charge in [0.2, 0.25) is 11.8 Å². The average molecular weight is 352 g/mol. The quantitative estimate of drug-likeness (QED) is 0.672. The van der Waals surface area contributed by atoms with Crippen LogP contribution in [0.5, 0.6) is 0 Å². The molecule has 0 N–H and O–H groups in total. The van der Waals surface area contributed by atoms with E-state index in [1.807, 2.05) is 23.1 Å². The number of carbonyl (C=O) groups excluding carboxylic acids is 1. The second-order valence-corrected chi connectivity index (χ2v) is 6.77. The highest BCUT2D eigenvalue weighted by Gasteiger charge is 2.30. The molecule has 6 nitrogen and oxygen atoms in total. The molecule has 2 aromatic heterocycles. The van der Waals surface area contributed by atoms with Crippen molar-refractivity contribution in [2.75, 3.05) is 10.7 Å². The number of para-hydroxylation sites is 1. The molecule has 1 aliphatic heterocycles. The number of rotatable bonds is 4. The lowest BCUT2D eigenvalue weighted by atomic mass is 10.1. The van der Waals surface area contributed by atoms with E-state index in [0.29, 0.717) is 11.1 Å². The van der Waals surface area contributed by atoms with Gasteiger partial charge in [0.25, 0.3) is 5.22 Å². The number of thioether (sulfide) groups is 1. The fourth-order valence-electron chi connectivity index (χ4n) is 3.02. The summed E-state index contributed by atoms with van der Waals surface area (Å²) in [5.74, 6) is 0.736. The maximum absolute atomic E-state index is 12.7. The van der Waals surface area contributed by atoms with Crippen LogP contribution in [0.4, 0.5) is 5.69 Å². The van der Waals surface area contributed by atoms with Gasteiger partial charge in [0.1, 0.15) is 0 Å². The van der Waals surface area contributed by atoms with Gasteiger partial charge in [-0.3, -0.25) is 9.78 Å². The van der Waals surface area contributed by atoms with Gasteiger partial charge in [-0.15, -0.1) is 10.2 Å². The number of pyridine rings is 1. The summed E-state index contributed by atoms with van der Waals surface area (Å²) in [7, 11) is 0. The number of hydrogen-bond acceptors (Lipinski definition) is 6. The second kappa shape index (κ2) is 6.68. The van der Waals surface area contributed by atoms with Crippen molar-refractivity contribution >= 4 is 23.4 Å². The van der Waals surface area contributed by atoms with E-state index in [0.717, 1.165) is 17.7 Å². The molecule has 1 amide bonds. The Morgan fingerprint density at radius 1 is 1.24 bits per heavy atom. The second-order valence-electron chi connectivity index (χ2n) is 5.84. The van der Waals surface area contributed by atoms with Gasteiger partial charge in [0.15, 0.2) is 0 Å². The van der Waals surface area contributed by atoms with Gasteiger partial charge in [-0.25, -0.2) is 0 Å². The Morgan fingerprint density at radius 2 is 2.04 bits per heavy atom. The maximum Gasteiger partial charge on any atom is 0.277 e. The van der Waals surface area contributed by atoms with Crippen molar-refractivity contribution in [1.29, 1.82) is 0 Å². The lowest BCUT2D eigenvalue weighted by molar-refractivity contribution is -0.116. The molecule has 1 aliphatic rings. The summed E-state index contributed by atoms with van der Waals surface area (Å²) in [4.78, 5) is 18.5. The van der Waals surface area contributed by atoms with Crippen molar-refractivity contribution in [3.8, 4) is 11.5 Å². The first-order chi connectivity index (χ1) is 12.2. The van der Waals surface area contributed by atoms with E-state index < -0.39 is 0 Å². The molecule has 3 aromatic rings. The van der Waals surface area contributed by atoms with Gasteiger partial charge < -0.3 is 9.32 Å². The molecule has 126 valence electrons. The first-order valence-corrected chi connectivity index (χ1v) is 8.97. The Hall–Kier alpha value is -2.67. The van der Waals surface area contributed by atoms with Crippen LogP contribution < -0.4 is 4.90 Å². The summed E-state index contributed by atoms with van der Waals surface area (Å²) in [5, 5.41) is 8.42. The van der Waals surface area contributed by atoms with E-state index in [9.17, 15) is 4.79 Å². The monoisotopic (exact) mass is 352 g/mol. The fraction of sp³-hybridized carbons (Fsp3) is 0.222. The third-order valence-electron chi connectivity index (χ3n) is 4.13. The van der Waals surface area contributed by atoms with Crippen molar-refractivity contribution in [1.82, 2.24) is 15.2 Å². The number of hydrogen-bond donors (Lipinski definition) is 0. The largest absolute Gasteiger partial charge is 0.411 e. The van der Waals surface area contributed by atoms with Crippen LogP contribution in [-0.4, -0.2) is 32.9 Å². The summed E-state index contributed by atoms with van der Waals surface area (Å²) in [6.07, 6.45) is 4.23. The van der Waals surface area contributed by atoms with Gasteiger partial charge in [-0.1, -0.05) is 30.0 Å². The third kappa shape index (κ3) is 3.15. The standard InChI is InChI=1S/C18H16N4O2S/c1-12-10-14-4-2-3-5-15(14)22(12)16(23)11-25-18-21-20-17(24-18)13-6-8-19-9-7-13/h2-9,12H,10-11H2,1H3/t12-/m0/s1.